The molecule has 2 amide bonds. The third kappa shape index (κ3) is 10.9. The molecule has 14 nitrogen and oxygen atoms in total. The van der Waals surface area contributed by atoms with Crippen molar-refractivity contribution in [1.29, 1.82) is 0 Å². The van der Waals surface area contributed by atoms with Crippen molar-refractivity contribution in [1.82, 2.24) is 20.6 Å². The van der Waals surface area contributed by atoms with Crippen LogP contribution in [0.1, 0.15) is 28.1 Å². The Morgan fingerprint density at radius 3 is 1.40 bits per heavy atom. The Kier molecular flexibility index (Phi) is 15.6. The van der Waals surface area contributed by atoms with Gasteiger partial charge in [0, 0.05) is 106 Å². The Balaban J connectivity index is 0.000000185. The fourth-order valence-corrected chi connectivity index (χ4v) is 11.5. The number of carbonyl (C=O) groups is 2. The predicted octanol–water partition coefficient (Wildman–Crippen LogP) is 14.9. The minimum Gasteiger partial charge on any atom is -0.455 e. The molecular weight excluding hydrogens is 1130 g/mol. The highest BCUT2D eigenvalue weighted by molar-refractivity contribution is 7.92. The maximum Gasteiger partial charge on any atom is 0.255 e. The van der Waals surface area contributed by atoms with Crippen LogP contribution in [0.5, 0.6) is 0 Å². The van der Waals surface area contributed by atoms with Gasteiger partial charge in [0.1, 0.15) is 34.3 Å². The lowest BCUT2D eigenvalue weighted by atomic mass is 9.96. The van der Waals surface area contributed by atoms with E-state index in [1.807, 2.05) is 97.1 Å². The Morgan fingerprint density at radius 2 is 0.940 bits per heavy atom. The minimum atomic E-state index is -3.68. The fourth-order valence-electron chi connectivity index (χ4n) is 10.1. The molecule has 0 unspecified atom stereocenters. The smallest absolute Gasteiger partial charge is 0.255 e. The summed E-state index contributed by atoms with van der Waals surface area (Å²) in [5, 5.41) is 8.83. The van der Waals surface area contributed by atoms with Gasteiger partial charge in [0.15, 0.2) is 0 Å². The van der Waals surface area contributed by atoms with Crippen molar-refractivity contribution in [2.24, 2.45) is 0 Å². The van der Waals surface area contributed by atoms with E-state index in [0.29, 0.717) is 66.2 Å². The van der Waals surface area contributed by atoms with Gasteiger partial charge in [-0.15, -0.1) is 0 Å². The molecule has 0 radical (unpaired) electrons. The standard InChI is InChI=1S/C32H25ClFN3O4S.C32H26FN3O4S.CH4/c1-35-32(38)28-24-16-23(19-7-6-8-20(15-19)30-29(33)22-9-4-5-10-25(22)36-30)26(37(2)42(3,39)40)17-27(24)41-31(28)18-11-13-21(34)14-12-18;1-34-32(37)30-25-17-24(20-8-6-9-21(15-20)27-16-22-7-4-5-10-26(22)35-27)28(36(2)41(3,38)39)18-29(25)40-31(30)19-11-13-23(33)14-12-19;/h4-17,36H,1-3H3,(H,35,38);4-18,35H,1-3H3,(H,34,37);1H4. The highest BCUT2D eigenvalue weighted by atomic mass is 35.5. The largest absolute Gasteiger partial charge is 0.455 e. The molecule has 4 aromatic heterocycles. The molecule has 12 rings (SSSR count). The lowest BCUT2D eigenvalue weighted by Crippen LogP contribution is -2.25. The summed E-state index contributed by atoms with van der Waals surface area (Å²) in [6, 6.07) is 51.1. The molecule has 19 heteroatoms. The normalized spacial score (nSPS) is 11.6. The third-order valence-electron chi connectivity index (χ3n) is 14.5. The SMILES string of the molecule is C.CNC(=O)c1c(-c2ccc(F)cc2)oc2cc(N(C)S(C)(=O)=O)c(-c3cccc(-c4[nH]c5ccccc5c4Cl)c3)cc12.CNC(=O)c1c(-c2ccc(F)cc2)oc2cc(N(C)S(C)(=O)=O)c(-c3cccc(-c4cc5ccccc5[nH]4)c3)cc12. The molecule has 8 aromatic carbocycles. The molecule has 84 heavy (non-hydrogen) atoms. The Morgan fingerprint density at radius 1 is 0.500 bits per heavy atom. The van der Waals surface area contributed by atoms with Crippen LogP contribution in [0.3, 0.4) is 0 Å². The molecule has 0 saturated carbocycles. The summed E-state index contributed by atoms with van der Waals surface area (Å²) in [6.07, 6.45) is 2.24. The van der Waals surface area contributed by atoms with Crippen LogP contribution in [0, 0.1) is 11.6 Å². The van der Waals surface area contributed by atoms with E-state index in [9.17, 15) is 35.2 Å². The van der Waals surface area contributed by atoms with E-state index in [0.717, 1.165) is 62.4 Å². The third-order valence-corrected chi connectivity index (χ3v) is 17.3. The van der Waals surface area contributed by atoms with Gasteiger partial charge in [-0.25, -0.2) is 25.6 Å². The number of aromatic nitrogens is 2. The van der Waals surface area contributed by atoms with Gasteiger partial charge in [-0.1, -0.05) is 91.8 Å². The number of para-hydroxylation sites is 2. The van der Waals surface area contributed by atoms with Gasteiger partial charge < -0.3 is 29.4 Å². The zero-order valence-corrected chi connectivity index (χ0v) is 47.7. The zero-order valence-electron chi connectivity index (χ0n) is 45.4. The molecule has 0 spiro atoms. The van der Waals surface area contributed by atoms with Crippen LogP contribution in [-0.2, 0) is 20.0 Å². The number of amides is 2. The monoisotopic (exact) mass is 1180 g/mol. The van der Waals surface area contributed by atoms with E-state index in [1.54, 1.807) is 24.3 Å². The predicted molar refractivity (Wildman–Crippen MR) is 334 cm³/mol. The van der Waals surface area contributed by atoms with Crippen LogP contribution in [0.4, 0.5) is 20.2 Å². The number of sulfonamides is 2. The first-order valence-corrected chi connectivity index (χ1v) is 29.9. The summed E-state index contributed by atoms with van der Waals surface area (Å²) >= 11 is 6.75. The highest BCUT2D eigenvalue weighted by Crippen LogP contribution is 2.45. The molecule has 0 atom stereocenters. The van der Waals surface area contributed by atoms with Crippen molar-refractivity contribution >= 4 is 98.6 Å². The van der Waals surface area contributed by atoms with Gasteiger partial charge >= 0.3 is 0 Å². The summed E-state index contributed by atoms with van der Waals surface area (Å²) in [7, 11) is -1.36. The first-order chi connectivity index (χ1) is 39.7. The van der Waals surface area contributed by atoms with Gasteiger partial charge in [0.2, 0.25) is 20.0 Å². The van der Waals surface area contributed by atoms with E-state index in [2.05, 4.69) is 26.7 Å². The van der Waals surface area contributed by atoms with Crippen molar-refractivity contribution < 1.29 is 44.0 Å². The second kappa shape index (κ2) is 22.7. The number of furan rings is 2. The van der Waals surface area contributed by atoms with Gasteiger partial charge in [0.05, 0.1) is 45.7 Å². The number of anilines is 2. The van der Waals surface area contributed by atoms with E-state index in [1.165, 1.54) is 85.3 Å². The quantitative estimate of drug-likeness (QED) is 0.0929. The molecule has 4 N–H and O–H groups in total. The zero-order chi connectivity index (χ0) is 58.6. The first kappa shape index (κ1) is 57.7. The lowest BCUT2D eigenvalue weighted by molar-refractivity contribution is 0.0956. The average Bonchev–Trinajstić information content (AvgIpc) is 2.54. The number of rotatable bonds is 12. The summed E-state index contributed by atoms with van der Waals surface area (Å²) in [5.74, 6) is -1.12. The lowest BCUT2D eigenvalue weighted by Gasteiger charge is -2.21. The van der Waals surface area contributed by atoms with Crippen LogP contribution >= 0.6 is 11.6 Å². The number of nitrogens with one attached hydrogen (secondary N) is 4. The van der Waals surface area contributed by atoms with Crippen LogP contribution in [0.2, 0.25) is 5.02 Å². The molecule has 0 aliphatic carbocycles. The van der Waals surface area contributed by atoms with Crippen molar-refractivity contribution in [2.75, 3.05) is 49.3 Å². The number of benzene rings is 8. The van der Waals surface area contributed by atoms with E-state index in [4.69, 9.17) is 20.4 Å². The first-order valence-electron chi connectivity index (χ1n) is 25.8. The second-order valence-corrected chi connectivity index (χ2v) is 24.2. The number of fused-ring (bicyclic) bond motifs is 4. The summed E-state index contributed by atoms with van der Waals surface area (Å²) < 4.78 is 92.9. The number of carbonyl (C=O) groups excluding carboxylic acids is 2. The van der Waals surface area contributed by atoms with Crippen molar-refractivity contribution in [3.8, 4) is 67.4 Å². The molecule has 4 heterocycles. The van der Waals surface area contributed by atoms with Gasteiger partial charge in [-0.2, -0.15) is 0 Å². The van der Waals surface area contributed by atoms with Crippen LogP contribution in [-0.4, -0.2) is 79.3 Å². The number of halogens is 3. The number of H-pyrrole nitrogens is 2. The molecule has 0 aliphatic heterocycles. The molecule has 426 valence electrons. The summed E-state index contributed by atoms with van der Waals surface area (Å²) in [6.45, 7) is 0. The Hall–Kier alpha value is -9.49. The Labute approximate surface area is 488 Å². The average molecular weight is 1190 g/mol. The minimum absolute atomic E-state index is 0. The topological polar surface area (TPSA) is 191 Å². The van der Waals surface area contributed by atoms with Crippen molar-refractivity contribution in [3.63, 3.8) is 0 Å². The van der Waals surface area contributed by atoms with Crippen LogP contribution < -0.4 is 19.2 Å². The van der Waals surface area contributed by atoms with Crippen molar-refractivity contribution in [3.05, 3.63) is 204 Å². The molecule has 0 bridgehead atoms. The van der Waals surface area contributed by atoms with E-state index >= 15 is 0 Å². The number of hydrogen-bond donors (Lipinski definition) is 4. The fraction of sp³-hybridized carbons (Fsp3) is 0.108. The Bertz CT molecular complexity index is 4750. The molecule has 0 aliphatic rings. The number of hydrogen-bond acceptors (Lipinski definition) is 8. The van der Waals surface area contributed by atoms with E-state index < -0.39 is 37.6 Å². The van der Waals surface area contributed by atoms with Gasteiger partial charge in [-0.3, -0.25) is 18.2 Å². The molecular formula is C65H55ClF2N6O8S2. The van der Waals surface area contributed by atoms with Gasteiger partial charge in [0.25, 0.3) is 11.8 Å². The summed E-state index contributed by atoms with van der Waals surface area (Å²) in [4.78, 5) is 33.1. The van der Waals surface area contributed by atoms with Crippen LogP contribution in [0.25, 0.3) is 111 Å². The maximum atomic E-state index is 13.7. The van der Waals surface area contributed by atoms with Crippen molar-refractivity contribution in [2.45, 2.75) is 7.43 Å². The highest BCUT2D eigenvalue weighted by Gasteiger charge is 2.29. The molecule has 12 aromatic rings. The van der Waals surface area contributed by atoms with E-state index in [-0.39, 0.29) is 36.0 Å². The number of aromatic amines is 2. The van der Waals surface area contributed by atoms with Gasteiger partial charge in [-0.05, 0) is 108 Å². The molecule has 0 fully saturated rings. The summed E-state index contributed by atoms with van der Waals surface area (Å²) in [5.41, 5.74) is 10.8. The maximum absolute atomic E-state index is 13.7. The number of nitrogens with zero attached hydrogens (tertiary/aromatic N) is 2. The van der Waals surface area contributed by atoms with Crippen LogP contribution in [0.15, 0.2) is 185 Å². The second-order valence-electron chi connectivity index (χ2n) is 19.8. The molecule has 0 saturated heterocycles.